The Morgan fingerprint density at radius 2 is 1.78 bits per heavy atom. The number of aliphatic carboxylic acids is 1. The highest BCUT2D eigenvalue weighted by atomic mass is 16.4. The van der Waals surface area contributed by atoms with Crippen molar-refractivity contribution in [2.75, 3.05) is 18.4 Å². The van der Waals surface area contributed by atoms with Gasteiger partial charge in [0.2, 0.25) is 5.91 Å². The summed E-state index contributed by atoms with van der Waals surface area (Å²) in [5.74, 6) is -1.19. The van der Waals surface area contributed by atoms with E-state index in [0.29, 0.717) is 5.69 Å². The van der Waals surface area contributed by atoms with Crippen molar-refractivity contribution in [1.82, 2.24) is 4.90 Å². The van der Waals surface area contributed by atoms with Crippen LogP contribution in [0.15, 0.2) is 42.5 Å². The average molecular weight is 312 g/mol. The predicted molar refractivity (Wildman–Crippen MR) is 89.4 cm³/mol. The summed E-state index contributed by atoms with van der Waals surface area (Å²) < 4.78 is 0. The molecule has 0 radical (unpaired) electrons. The SMILES string of the molecule is O=C(C[C@H](C(=O)O)N1CCCC1)Nc1ccc2ccccc2c1. The molecule has 2 aromatic rings. The number of nitrogens with zero attached hydrogens (tertiary/aromatic N) is 1. The molecular formula is C18H20N2O3. The lowest BCUT2D eigenvalue weighted by Crippen LogP contribution is -2.41. The minimum atomic E-state index is -0.930. The normalized spacial score (nSPS) is 16.3. The van der Waals surface area contributed by atoms with Gasteiger partial charge in [-0.25, -0.2) is 0 Å². The summed E-state index contributed by atoms with van der Waals surface area (Å²) in [6, 6.07) is 12.9. The van der Waals surface area contributed by atoms with Crippen molar-refractivity contribution in [3.8, 4) is 0 Å². The van der Waals surface area contributed by atoms with E-state index in [4.69, 9.17) is 0 Å². The summed E-state index contributed by atoms with van der Waals surface area (Å²) in [5.41, 5.74) is 0.694. The number of rotatable bonds is 5. The minimum Gasteiger partial charge on any atom is -0.480 e. The molecule has 1 atom stereocenters. The number of hydrogen-bond acceptors (Lipinski definition) is 3. The van der Waals surface area contributed by atoms with E-state index in [2.05, 4.69) is 5.32 Å². The maximum atomic E-state index is 12.2. The Labute approximate surface area is 134 Å². The number of benzene rings is 2. The van der Waals surface area contributed by atoms with E-state index in [1.807, 2.05) is 47.4 Å². The molecule has 0 spiro atoms. The molecule has 1 amide bonds. The maximum Gasteiger partial charge on any atom is 0.321 e. The van der Waals surface area contributed by atoms with Crippen molar-refractivity contribution in [3.63, 3.8) is 0 Å². The Balaban J connectivity index is 1.68. The van der Waals surface area contributed by atoms with Crippen LogP contribution in [0.1, 0.15) is 19.3 Å². The van der Waals surface area contributed by atoms with Crippen molar-refractivity contribution >= 4 is 28.3 Å². The fourth-order valence-corrected chi connectivity index (χ4v) is 3.08. The fourth-order valence-electron chi connectivity index (χ4n) is 3.08. The van der Waals surface area contributed by atoms with Crippen LogP contribution in [0, 0.1) is 0 Å². The lowest BCUT2D eigenvalue weighted by Gasteiger charge is -2.23. The van der Waals surface area contributed by atoms with Crippen molar-refractivity contribution in [2.45, 2.75) is 25.3 Å². The molecule has 5 nitrogen and oxygen atoms in total. The van der Waals surface area contributed by atoms with E-state index >= 15 is 0 Å². The third kappa shape index (κ3) is 3.68. The molecule has 0 unspecified atom stereocenters. The molecule has 1 aliphatic rings. The van der Waals surface area contributed by atoms with Crippen LogP contribution in [-0.4, -0.2) is 41.0 Å². The maximum absolute atomic E-state index is 12.2. The fraction of sp³-hybridized carbons (Fsp3) is 0.333. The van der Waals surface area contributed by atoms with Gasteiger partial charge in [-0.15, -0.1) is 0 Å². The number of amides is 1. The number of hydrogen-bond donors (Lipinski definition) is 2. The Bertz CT molecular complexity index is 723. The van der Waals surface area contributed by atoms with Crippen LogP contribution >= 0.6 is 0 Å². The van der Waals surface area contributed by atoms with Crippen LogP contribution in [-0.2, 0) is 9.59 Å². The summed E-state index contributed by atoms with van der Waals surface area (Å²) in [6.45, 7) is 1.50. The van der Waals surface area contributed by atoms with Crippen LogP contribution in [0.25, 0.3) is 10.8 Å². The highest BCUT2D eigenvalue weighted by molar-refractivity contribution is 5.96. The first-order valence-electron chi connectivity index (χ1n) is 7.89. The number of carboxylic acids is 1. The molecule has 0 bridgehead atoms. The first kappa shape index (κ1) is 15.5. The molecule has 2 N–H and O–H groups in total. The van der Waals surface area contributed by atoms with Crippen molar-refractivity contribution in [2.24, 2.45) is 0 Å². The van der Waals surface area contributed by atoms with Crippen molar-refractivity contribution in [3.05, 3.63) is 42.5 Å². The van der Waals surface area contributed by atoms with E-state index in [1.54, 1.807) is 0 Å². The second-order valence-corrected chi connectivity index (χ2v) is 5.91. The molecule has 3 rings (SSSR count). The first-order valence-corrected chi connectivity index (χ1v) is 7.89. The second-order valence-electron chi connectivity index (χ2n) is 5.91. The van der Waals surface area contributed by atoms with Gasteiger partial charge in [-0.05, 0) is 48.8 Å². The van der Waals surface area contributed by atoms with Crippen LogP contribution in [0.2, 0.25) is 0 Å². The Morgan fingerprint density at radius 1 is 1.09 bits per heavy atom. The quantitative estimate of drug-likeness (QED) is 0.890. The summed E-state index contributed by atoms with van der Waals surface area (Å²) in [5, 5.41) is 14.3. The molecule has 5 heteroatoms. The van der Waals surface area contributed by atoms with Gasteiger partial charge in [0.25, 0.3) is 0 Å². The largest absolute Gasteiger partial charge is 0.480 e. The third-order valence-electron chi connectivity index (χ3n) is 4.28. The van der Waals surface area contributed by atoms with Crippen LogP contribution in [0.3, 0.4) is 0 Å². The average Bonchev–Trinajstić information content (AvgIpc) is 3.06. The zero-order chi connectivity index (χ0) is 16.2. The summed E-state index contributed by atoms with van der Waals surface area (Å²) in [6.07, 6.45) is 1.97. The van der Waals surface area contributed by atoms with E-state index in [9.17, 15) is 14.7 Å². The highest BCUT2D eigenvalue weighted by Crippen LogP contribution is 2.20. The molecule has 120 valence electrons. The molecule has 1 fully saturated rings. The zero-order valence-corrected chi connectivity index (χ0v) is 12.9. The number of anilines is 1. The van der Waals surface area contributed by atoms with Gasteiger partial charge >= 0.3 is 5.97 Å². The molecule has 1 aliphatic heterocycles. The van der Waals surface area contributed by atoms with E-state index < -0.39 is 12.0 Å². The number of carbonyl (C=O) groups is 2. The van der Waals surface area contributed by atoms with Crippen molar-refractivity contribution < 1.29 is 14.7 Å². The van der Waals surface area contributed by atoms with Crippen LogP contribution in [0.5, 0.6) is 0 Å². The second kappa shape index (κ2) is 6.79. The van der Waals surface area contributed by atoms with Gasteiger partial charge in [-0.2, -0.15) is 0 Å². The molecule has 1 heterocycles. The number of likely N-dealkylation sites (tertiary alicyclic amines) is 1. The van der Waals surface area contributed by atoms with Gasteiger partial charge in [0, 0.05) is 5.69 Å². The van der Waals surface area contributed by atoms with Gasteiger partial charge in [0.15, 0.2) is 0 Å². The minimum absolute atomic E-state index is 0.0256. The van der Waals surface area contributed by atoms with Gasteiger partial charge in [0.1, 0.15) is 6.04 Å². The standard InChI is InChI=1S/C18H20N2O3/c21-17(12-16(18(22)23)20-9-3-4-10-20)19-15-8-7-13-5-1-2-6-14(13)11-15/h1-2,5-8,11,16H,3-4,9-10,12H2,(H,19,21)(H,22,23)/t16-/m1/s1. The number of fused-ring (bicyclic) bond motifs is 1. The summed E-state index contributed by atoms with van der Waals surface area (Å²) in [7, 11) is 0. The molecule has 0 aromatic heterocycles. The van der Waals surface area contributed by atoms with E-state index in [0.717, 1.165) is 36.7 Å². The molecule has 1 saturated heterocycles. The topological polar surface area (TPSA) is 69.6 Å². The zero-order valence-electron chi connectivity index (χ0n) is 12.9. The number of carbonyl (C=O) groups excluding carboxylic acids is 1. The summed E-state index contributed by atoms with van der Waals surface area (Å²) in [4.78, 5) is 25.5. The van der Waals surface area contributed by atoms with E-state index in [-0.39, 0.29) is 12.3 Å². The molecular weight excluding hydrogens is 292 g/mol. The lowest BCUT2D eigenvalue weighted by molar-refractivity contribution is -0.144. The number of nitrogens with one attached hydrogen (secondary N) is 1. The smallest absolute Gasteiger partial charge is 0.321 e. The first-order chi connectivity index (χ1) is 11.1. The Hall–Kier alpha value is -2.40. The highest BCUT2D eigenvalue weighted by Gasteiger charge is 2.29. The summed E-state index contributed by atoms with van der Waals surface area (Å²) >= 11 is 0. The van der Waals surface area contributed by atoms with Crippen LogP contribution < -0.4 is 5.32 Å². The Kier molecular flexibility index (Phi) is 4.57. The molecule has 0 saturated carbocycles. The van der Waals surface area contributed by atoms with Gasteiger partial charge < -0.3 is 10.4 Å². The van der Waals surface area contributed by atoms with E-state index in [1.165, 1.54) is 0 Å². The van der Waals surface area contributed by atoms with Crippen molar-refractivity contribution in [1.29, 1.82) is 0 Å². The predicted octanol–water partition coefficient (Wildman–Crippen LogP) is 2.72. The van der Waals surface area contributed by atoms with Gasteiger partial charge in [-0.1, -0.05) is 30.3 Å². The number of carboxylic acid groups (broad SMARTS) is 1. The van der Waals surface area contributed by atoms with Crippen LogP contribution in [0.4, 0.5) is 5.69 Å². The van der Waals surface area contributed by atoms with Gasteiger partial charge in [0.05, 0.1) is 6.42 Å². The monoisotopic (exact) mass is 312 g/mol. The van der Waals surface area contributed by atoms with Gasteiger partial charge in [-0.3, -0.25) is 14.5 Å². The molecule has 2 aromatic carbocycles. The third-order valence-corrected chi connectivity index (χ3v) is 4.28. The Morgan fingerprint density at radius 3 is 2.48 bits per heavy atom. The lowest BCUT2D eigenvalue weighted by atomic mass is 10.1. The molecule has 0 aliphatic carbocycles. The molecule has 23 heavy (non-hydrogen) atoms.